The number of hydrogen-bond acceptors (Lipinski definition) is 5. The zero-order chi connectivity index (χ0) is 15.8. The molecule has 1 saturated heterocycles. The number of carbonyl (C=O) groups excluding carboxylic acids is 1. The van der Waals surface area contributed by atoms with Crippen LogP contribution in [0.2, 0.25) is 0 Å². The van der Waals surface area contributed by atoms with Crippen LogP contribution in [0.5, 0.6) is 0 Å². The Labute approximate surface area is 124 Å². The van der Waals surface area contributed by atoms with Crippen LogP contribution in [0, 0.1) is 10.1 Å². The van der Waals surface area contributed by atoms with E-state index >= 15 is 0 Å². The number of Topliss-reactive ketones (excluding diaryl/α,β-unsaturated/α-hetero) is 1. The minimum Gasteiger partial charge on any atom is -0.364 e. The Bertz CT molecular complexity index is 586. The standard InChI is InChI=1S/C15H21N3O3/c1-11(19)12-5-6-13(14(9-12)18(20)21)17-8-7-15(2,10-17)16(3)4/h5-6,9H,7-8,10H2,1-4H3. The van der Waals surface area contributed by atoms with Crippen LogP contribution in [0.1, 0.15) is 30.6 Å². The Morgan fingerprint density at radius 1 is 1.43 bits per heavy atom. The first-order valence-electron chi connectivity index (χ1n) is 6.96. The first kappa shape index (κ1) is 15.4. The second kappa shape index (κ2) is 5.44. The lowest BCUT2D eigenvalue weighted by atomic mass is 10.0. The maximum atomic E-state index is 11.4. The van der Waals surface area contributed by atoms with Crippen molar-refractivity contribution in [3.8, 4) is 0 Å². The second-order valence-electron chi connectivity index (χ2n) is 6.08. The van der Waals surface area contributed by atoms with E-state index < -0.39 is 4.92 Å². The predicted molar refractivity (Wildman–Crippen MR) is 82.0 cm³/mol. The normalized spacial score (nSPS) is 21.9. The summed E-state index contributed by atoms with van der Waals surface area (Å²) >= 11 is 0. The van der Waals surface area contributed by atoms with Crippen LogP contribution >= 0.6 is 0 Å². The van der Waals surface area contributed by atoms with Gasteiger partial charge in [-0.25, -0.2) is 0 Å². The molecular weight excluding hydrogens is 270 g/mol. The molecule has 6 nitrogen and oxygen atoms in total. The molecule has 6 heteroatoms. The third kappa shape index (κ3) is 2.90. The predicted octanol–water partition coefficient (Wildman–Crippen LogP) is 2.33. The van der Waals surface area contributed by atoms with Gasteiger partial charge in [0, 0.05) is 30.3 Å². The largest absolute Gasteiger partial charge is 0.364 e. The van der Waals surface area contributed by atoms with E-state index in [0.717, 1.165) is 19.5 Å². The molecule has 1 fully saturated rings. The van der Waals surface area contributed by atoms with Gasteiger partial charge in [0.15, 0.2) is 5.78 Å². The summed E-state index contributed by atoms with van der Waals surface area (Å²) in [5.74, 6) is -0.163. The van der Waals surface area contributed by atoms with Gasteiger partial charge in [-0.2, -0.15) is 0 Å². The molecule has 0 aliphatic carbocycles. The minimum atomic E-state index is -0.410. The first-order valence-corrected chi connectivity index (χ1v) is 6.96. The Morgan fingerprint density at radius 2 is 2.10 bits per heavy atom. The lowest BCUT2D eigenvalue weighted by molar-refractivity contribution is -0.384. The molecular formula is C15H21N3O3. The minimum absolute atomic E-state index is 0.00528. The van der Waals surface area contributed by atoms with Gasteiger partial charge < -0.3 is 9.80 Å². The quantitative estimate of drug-likeness (QED) is 0.484. The van der Waals surface area contributed by atoms with Crippen LogP contribution in [0.25, 0.3) is 0 Å². The lowest BCUT2D eigenvalue weighted by Crippen LogP contribution is -2.43. The molecule has 0 aromatic heterocycles. The zero-order valence-corrected chi connectivity index (χ0v) is 12.9. The lowest BCUT2D eigenvalue weighted by Gasteiger charge is -2.32. The van der Waals surface area contributed by atoms with Gasteiger partial charge in [-0.3, -0.25) is 14.9 Å². The van der Waals surface area contributed by atoms with E-state index in [1.54, 1.807) is 12.1 Å². The molecule has 1 aliphatic heterocycles. The van der Waals surface area contributed by atoms with Crippen LogP contribution in [0.4, 0.5) is 11.4 Å². The van der Waals surface area contributed by atoms with Gasteiger partial charge in [0.1, 0.15) is 5.69 Å². The van der Waals surface area contributed by atoms with Gasteiger partial charge in [0.2, 0.25) is 0 Å². The number of hydrogen-bond donors (Lipinski definition) is 0. The number of nitro groups is 1. The third-order valence-electron chi connectivity index (χ3n) is 4.45. The topological polar surface area (TPSA) is 66.7 Å². The Kier molecular flexibility index (Phi) is 4.00. The van der Waals surface area contributed by atoms with Crippen molar-refractivity contribution < 1.29 is 9.72 Å². The molecule has 1 atom stereocenters. The fourth-order valence-corrected chi connectivity index (χ4v) is 2.67. The van der Waals surface area contributed by atoms with Gasteiger partial charge in [0.25, 0.3) is 5.69 Å². The van der Waals surface area contributed by atoms with Crippen LogP contribution in [0.15, 0.2) is 18.2 Å². The van der Waals surface area contributed by atoms with E-state index in [9.17, 15) is 14.9 Å². The third-order valence-corrected chi connectivity index (χ3v) is 4.45. The molecule has 114 valence electrons. The van der Waals surface area contributed by atoms with Crippen molar-refractivity contribution >= 4 is 17.2 Å². The fourth-order valence-electron chi connectivity index (χ4n) is 2.67. The molecule has 0 amide bonds. The average Bonchev–Trinajstić information content (AvgIpc) is 2.82. The van der Waals surface area contributed by atoms with Gasteiger partial charge >= 0.3 is 0 Å². The monoisotopic (exact) mass is 291 g/mol. The number of ketones is 1. The van der Waals surface area contributed by atoms with Crippen molar-refractivity contribution in [2.45, 2.75) is 25.8 Å². The van der Waals surface area contributed by atoms with Crippen molar-refractivity contribution in [3.05, 3.63) is 33.9 Å². The summed E-state index contributed by atoms with van der Waals surface area (Å²) in [5, 5.41) is 11.3. The molecule has 1 heterocycles. The van der Waals surface area contributed by atoms with E-state index in [-0.39, 0.29) is 17.0 Å². The Balaban J connectivity index is 2.37. The van der Waals surface area contributed by atoms with E-state index in [2.05, 4.69) is 11.8 Å². The maximum Gasteiger partial charge on any atom is 0.293 e. The molecule has 1 aromatic carbocycles. The molecule has 1 aliphatic rings. The molecule has 0 bridgehead atoms. The van der Waals surface area contributed by atoms with Gasteiger partial charge in [-0.05, 0) is 46.5 Å². The van der Waals surface area contributed by atoms with Crippen molar-refractivity contribution in [1.82, 2.24) is 4.90 Å². The molecule has 0 saturated carbocycles. The molecule has 1 unspecified atom stereocenters. The first-order chi connectivity index (χ1) is 9.74. The van der Waals surface area contributed by atoms with Crippen LogP contribution in [-0.2, 0) is 0 Å². The summed E-state index contributed by atoms with van der Waals surface area (Å²) in [7, 11) is 4.05. The highest BCUT2D eigenvalue weighted by atomic mass is 16.6. The zero-order valence-electron chi connectivity index (χ0n) is 12.9. The summed E-state index contributed by atoms with van der Waals surface area (Å²) in [4.78, 5) is 26.5. The summed E-state index contributed by atoms with van der Waals surface area (Å²) in [6.07, 6.45) is 0.950. The van der Waals surface area contributed by atoms with E-state index in [4.69, 9.17) is 0 Å². The fraction of sp³-hybridized carbons (Fsp3) is 0.533. The molecule has 0 spiro atoms. The summed E-state index contributed by atoms with van der Waals surface area (Å²) < 4.78 is 0. The van der Waals surface area contributed by atoms with Gasteiger partial charge in [0.05, 0.1) is 4.92 Å². The number of nitrogens with zero attached hydrogens (tertiary/aromatic N) is 3. The number of rotatable bonds is 4. The molecule has 0 N–H and O–H groups in total. The SMILES string of the molecule is CC(=O)c1ccc(N2CCC(C)(N(C)C)C2)c([N+](=O)[O-])c1. The maximum absolute atomic E-state index is 11.4. The van der Waals surface area contributed by atoms with Crippen molar-refractivity contribution in [3.63, 3.8) is 0 Å². The second-order valence-corrected chi connectivity index (χ2v) is 6.08. The van der Waals surface area contributed by atoms with Crippen molar-refractivity contribution in [2.75, 3.05) is 32.1 Å². The number of likely N-dealkylation sites (N-methyl/N-ethyl adjacent to an activating group) is 1. The summed E-state index contributed by atoms with van der Waals surface area (Å²) in [5.41, 5.74) is 0.980. The number of anilines is 1. The smallest absolute Gasteiger partial charge is 0.293 e. The van der Waals surface area contributed by atoms with E-state index in [1.165, 1.54) is 13.0 Å². The average molecular weight is 291 g/mol. The van der Waals surface area contributed by atoms with Crippen LogP contribution < -0.4 is 4.90 Å². The Hall–Kier alpha value is -1.95. The molecule has 0 radical (unpaired) electrons. The van der Waals surface area contributed by atoms with Crippen LogP contribution in [0.3, 0.4) is 0 Å². The number of carbonyl (C=O) groups is 1. The van der Waals surface area contributed by atoms with Crippen LogP contribution in [-0.4, -0.2) is 48.3 Å². The Morgan fingerprint density at radius 3 is 2.57 bits per heavy atom. The summed E-state index contributed by atoms with van der Waals surface area (Å²) in [6, 6.07) is 4.73. The number of benzene rings is 1. The highest BCUT2D eigenvalue weighted by molar-refractivity contribution is 5.95. The van der Waals surface area contributed by atoms with E-state index in [1.807, 2.05) is 19.0 Å². The highest BCUT2D eigenvalue weighted by Gasteiger charge is 2.37. The molecule has 21 heavy (non-hydrogen) atoms. The summed E-state index contributed by atoms with van der Waals surface area (Å²) in [6.45, 7) is 5.08. The molecule has 1 aromatic rings. The van der Waals surface area contributed by atoms with E-state index in [0.29, 0.717) is 11.3 Å². The number of nitro benzene ring substituents is 1. The van der Waals surface area contributed by atoms with Gasteiger partial charge in [-0.15, -0.1) is 0 Å². The molecule has 2 rings (SSSR count). The van der Waals surface area contributed by atoms with Crippen molar-refractivity contribution in [2.24, 2.45) is 0 Å². The van der Waals surface area contributed by atoms with Crippen molar-refractivity contribution in [1.29, 1.82) is 0 Å². The highest BCUT2D eigenvalue weighted by Crippen LogP contribution is 2.35. The van der Waals surface area contributed by atoms with Gasteiger partial charge in [-0.1, -0.05) is 0 Å².